The highest BCUT2D eigenvalue weighted by Crippen LogP contribution is 2.27. The summed E-state index contributed by atoms with van der Waals surface area (Å²) in [5.41, 5.74) is 10.5. The SMILES string of the molecule is CC1CC(Cn2ccc3nc(/C(C=N)=C/N)ccc32)CN1C(=O)CCc1ccc(C#N)cc1. The van der Waals surface area contributed by atoms with Gasteiger partial charge in [-0.25, -0.2) is 4.98 Å². The van der Waals surface area contributed by atoms with Gasteiger partial charge in [-0.05, 0) is 61.6 Å². The molecule has 1 aromatic carbocycles. The normalized spacial score (nSPS) is 18.4. The van der Waals surface area contributed by atoms with Gasteiger partial charge in [0, 0.05) is 49.7 Å². The molecule has 7 heteroatoms. The summed E-state index contributed by atoms with van der Waals surface area (Å²) in [5.74, 6) is 0.570. The summed E-state index contributed by atoms with van der Waals surface area (Å²) in [6.07, 6.45) is 6.78. The van der Waals surface area contributed by atoms with Crippen LogP contribution in [0.3, 0.4) is 0 Å². The molecule has 0 spiro atoms. The Morgan fingerprint density at radius 3 is 2.76 bits per heavy atom. The van der Waals surface area contributed by atoms with Gasteiger partial charge < -0.3 is 20.6 Å². The van der Waals surface area contributed by atoms with Crippen molar-refractivity contribution in [1.82, 2.24) is 14.5 Å². The molecule has 1 saturated heterocycles. The molecule has 1 aliphatic heterocycles. The highest BCUT2D eigenvalue weighted by molar-refractivity contribution is 6.07. The van der Waals surface area contributed by atoms with Crippen molar-refractivity contribution in [3.63, 3.8) is 0 Å². The molecule has 2 atom stereocenters. The van der Waals surface area contributed by atoms with Crippen LogP contribution in [-0.2, 0) is 17.8 Å². The van der Waals surface area contributed by atoms with Gasteiger partial charge in [-0.3, -0.25) is 4.79 Å². The largest absolute Gasteiger partial charge is 0.404 e. The molecule has 2 aromatic heterocycles. The number of rotatable bonds is 7. The number of hydrogen-bond acceptors (Lipinski definition) is 5. The highest BCUT2D eigenvalue weighted by atomic mass is 16.2. The number of likely N-dealkylation sites (tertiary alicyclic amines) is 1. The van der Waals surface area contributed by atoms with Crippen molar-refractivity contribution in [2.75, 3.05) is 6.54 Å². The Morgan fingerprint density at radius 2 is 2.06 bits per heavy atom. The van der Waals surface area contributed by atoms with Crippen molar-refractivity contribution in [1.29, 1.82) is 10.7 Å². The van der Waals surface area contributed by atoms with E-state index in [1.807, 2.05) is 41.4 Å². The molecular weight excluding hydrogens is 412 g/mol. The van der Waals surface area contributed by atoms with E-state index in [4.69, 9.17) is 16.4 Å². The number of pyridine rings is 1. The Balaban J connectivity index is 1.38. The van der Waals surface area contributed by atoms with Gasteiger partial charge >= 0.3 is 0 Å². The number of carbonyl (C=O) groups excluding carboxylic acids is 1. The lowest BCUT2D eigenvalue weighted by Crippen LogP contribution is -2.34. The molecule has 3 heterocycles. The third-order valence-corrected chi connectivity index (χ3v) is 6.40. The number of carbonyl (C=O) groups is 1. The topological polar surface area (TPSA) is 112 Å². The lowest BCUT2D eigenvalue weighted by molar-refractivity contribution is -0.131. The third kappa shape index (κ3) is 4.80. The zero-order valence-corrected chi connectivity index (χ0v) is 18.7. The Hall–Kier alpha value is -3.92. The average molecular weight is 441 g/mol. The highest BCUT2D eigenvalue weighted by Gasteiger charge is 2.32. The summed E-state index contributed by atoms with van der Waals surface area (Å²) >= 11 is 0. The van der Waals surface area contributed by atoms with Crippen LogP contribution in [-0.4, -0.2) is 39.2 Å². The molecule has 4 rings (SSSR count). The van der Waals surface area contributed by atoms with Gasteiger partial charge in [0.15, 0.2) is 0 Å². The second kappa shape index (κ2) is 9.70. The Kier molecular flexibility index (Phi) is 6.55. The van der Waals surface area contributed by atoms with Crippen LogP contribution >= 0.6 is 0 Å². The third-order valence-electron chi connectivity index (χ3n) is 6.40. The minimum atomic E-state index is 0.186. The number of allylic oxidation sites excluding steroid dienone is 1. The average Bonchev–Trinajstić information content (AvgIpc) is 3.41. The Morgan fingerprint density at radius 1 is 1.27 bits per heavy atom. The number of amides is 1. The fourth-order valence-corrected chi connectivity index (χ4v) is 4.64. The van der Waals surface area contributed by atoms with Crippen molar-refractivity contribution in [2.45, 2.75) is 38.8 Å². The molecule has 168 valence electrons. The number of fused-ring (bicyclic) bond motifs is 1. The summed E-state index contributed by atoms with van der Waals surface area (Å²) in [4.78, 5) is 19.5. The molecule has 0 bridgehead atoms. The molecule has 33 heavy (non-hydrogen) atoms. The minimum Gasteiger partial charge on any atom is -0.404 e. The van der Waals surface area contributed by atoms with Crippen LogP contribution in [0, 0.1) is 22.7 Å². The zero-order valence-electron chi connectivity index (χ0n) is 18.7. The van der Waals surface area contributed by atoms with E-state index in [1.54, 1.807) is 12.1 Å². The van der Waals surface area contributed by atoms with Gasteiger partial charge in [-0.1, -0.05) is 12.1 Å². The number of nitrogens with one attached hydrogen (secondary N) is 1. The Bertz CT molecular complexity index is 1230. The van der Waals surface area contributed by atoms with E-state index >= 15 is 0 Å². The van der Waals surface area contributed by atoms with Crippen molar-refractivity contribution >= 4 is 28.7 Å². The molecule has 7 nitrogen and oxygen atoms in total. The van der Waals surface area contributed by atoms with E-state index in [2.05, 4.69) is 22.5 Å². The van der Waals surface area contributed by atoms with E-state index in [0.29, 0.717) is 35.6 Å². The fraction of sp³-hybridized carbons (Fsp3) is 0.308. The van der Waals surface area contributed by atoms with Gasteiger partial charge in [-0.15, -0.1) is 0 Å². The first-order valence-electron chi connectivity index (χ1n) is 11.2. The van der Waals surface area contributed by atoms with Gasteiger partial charge in [0.2, 0.25) is 5.91 Å². The summed E-state index contributed by atoms with van der Waals surface area (Å²) in [5, 5.41) is 16.4. The summed E-state index contributed by atoms with van der Waals surface area (Å²) < 4.78 is 2.20. The van der Waals surface area contributed by atoms with Crippen LogP contribution in [0.25, 0.3) is 16.6 Å². The maximum absolute atomic E-state index is 12.9. The lowest BCUT2D eigenvalue weighted by atomic mass is 10.1. The van der Waals surface area contributed by atoms with Crippen LogP contribution < -0.4 is 5.73 Å². The van der Waals surface area contributed by atoms with Crippen LogP contribution in [0.1, 0.15) is 36.6 Å². The maximum Gasteiger partial charge on any atom is 0.223 e. The number of nitrogens with zero attached hydrogens (tertiary/aromatic N) is 4. The molecule has 2 unspecified atom stereocenters. The van der Waals surface area contributed by atoms with E-state index in [0.717, 1.165) is 36.1 Å². The predicted octanol–water partition coefficient (Wildman–Crippen LogP) is 3.73. The number of nitriles is 1. The van der Waals surface area contributed by atoms with Crippen LogP contribution in [0.4, 0.5) is 0 Å². The summed E-state index contributed by atoms with van der Waals surface area (Å²) in [6, 6.07) is 15.7. The van der Waals surface area contributed by atoms with Gasteiger partial charge in [0.25, 0.3) is 0 Å². The second-order valence-electron chi connectivity index (χ2n) is 8.64. The second-order valence-corrected chi connectivity index (χ2v) is 8.64. The molecule has 0 aliphatic carbocycles. The van der Waals surface area contributed by atoms with E-state index < -0.39 is 0 Å². The molecule has 1 amide bonds. The van der Waals surface area contributed by atoms with Crippen molar-refractivity contribution in [3.8, 4) is 6.07 Å². The first kappa shape index (κ1) is 22.3. The standard InChI is InChI=1S/C26H28N6O/c1-18-12-21(17-32(18)26(33)9-6-19-2-4-20(13-27)5-3-19)16-31-11-10-24-25(31)8-7-23(30-24)22(14-28)15-29/h2-5,7-8,10-11,14-15,18,21,28H,6,9,12,16-17,29H2,1H3/b22-15+,28-14?. The number of nitrogens with two attached hydrogens (primary N) is 1. The molecular formula is C26H28N6O. The number of benzene rings is 1. The van der Waals surface area contributed by atoms with Crippen molar-refractivity contribution < 1.29 is 4.79 Å². The molecule has 0 saturated carbocycles. The molecule has 1 aliphatic rings. The fourth-order valence-electron chi connectivity index (χ4n) is 4.64. The lowest BCUT2D eigenvalue weighted by Gasteiger charge is -2.21. The van der Waals surface area contributed by atoms with Gasteiger partial charge in [-0.2, -0.15) is 5.26 Å². The summed E-state index contributed by atoms with van der Waals surface area (Å²) in [6.45, 7) is 3.71. The molecule has 1 fully saturated rings. The monoisotopic (exact) mass is 440 g/mol. The number of aromatic nitrogens is 2. The molecule has 0 radical (unpaired) electrons. The first-order chi connectivity index (χ1) is 16.0. The van der Waals surface area contributed by atoms with Crippen LogP contribution in [0.5, 0.6) is 0 Å². The van der Waals surface area contributed by atoms with Crippen LogP contribution in [0.2, 0.25) is 0 Å². The zero-order chi connectivity index (χ0) is 23.4. The number of hydrogen-bond donors (Lipinski definition) is 2. The smallest absolute Gasteiger partial charge is 0.223 e. The quantitative estimate of drug-likeness (QED) is 0.545. The summed E-state index contributed by atoms with van der Waals surface area (Å²) in [7, 11) is 0. The van der Waals surface area contributed by atoms with E-state index in [1.165, 1.54) is 12.4 Å². The van der Waals surface area contributed by atoms with Crippen LogP contribution in [0.15, 0.2) is 54.9 Å². The predicted molar refractivity (Wildman–Crippen MR) is 129 cm³/mol. The molecule has 3 aromatic rings. The van der Waals surface area contributed by atoms with Crippen molar-refractivity contribution in [3.05, 3.63) is 71.7 Å². The minimum absolute atomic E-state index is 0.186. The van der Waals surface area contributed by atoms with Gasteiger partial charge in [0.1, 0.15) is 0 Å². The first-order valence-corrected chi connectivity index (χ1v) is 11.2. The van der Waals surface area contributed by atoms with E-state index in [-0.39, 0.29) is 11.9 Å². The Labute approximate surface area is 193 Å². The van der Waals surface area contributed by atoms with Gasteiger partial charge in [0.05, 0.1) is 28.4 Å². The number of aryl methyl sites for hydroxylation is 1. The van der Waals surface area contributed by atoms with E-state index in [9.17, 15) is 4.79 Å². The molecule has 3 N–H and O–H groups in total. The maximum atomic E-state index is 12.9. The van der Waals surface area contributed by atoms with Crippen molar-refractivity contribution in [2.24, 2.45) is 11.7 Å².